The third-order valence-electron chi connectivity index (χ3n) is 3.22. The highest BCUT2D eigenvalue weighted by Gasteiger charge is 2.14. The molecular formula is C15H15N5. The Kier molecular flexibility index (Phi) is 3.37. The zero-order valence-corrected chi connectivity index (χ0v) is 11.1. The average Bonchev–Trinajstić information content (AvgIpc) is 2.48. The summed E-state index contributed by atoms with van der Waals surface area (Å²) in [4.78, 5) is 12.9. The van der Waals surface area contributed by atoms with Crippen LogP contribution in [0.3, 0.4) is 0 Å². The van der Waals surface area contributed by atoms with Crippen LogP contribution in [0.1, 0.15) is 23.1 Å². The van der Waals surface area contributed by atoms with E-state index in [1.165, 1.54) is 0 Å². The van der Waals surface area contributed by atoms with Gasteiger partial charge in [-0.15, -0.1) is 0 Å². The summed E-state index contributed by atoms with van der Waals surface area (Å²) in [5, 5.41) is 1.10. The Morgan fingerprint density at radius 3 is 2.80 bits per heavy atom. The second kappa shape index (κ2) is 5.32. The number of hydrazine groups is 1. The maximum absolute atomic E-state index is 5.70. The van der Waals surface area contributed by atoms with E-state index in [0.717, 1.165) is 28.0 Å². The number of rotatable bonds is 3. The second-order valence-corrected chi connectivity index (χ2v) is 4.58. The summed E-state index contributed by atoms with van der Waals surface area (Å²) < 4.78 is 0. The van der Waals surface area contributed by atoms with Gasteiger partial charge in [-0.3, -0.25) is 10.8 Å². The van der Waals surface area contributed by atoms with E-state index >= 15 is 0 Å². The number of nitrogens with two attached hydrogens (primary N) is 1. The molecule has 3 aromatic rings. The molecule has 0 aliphatic heterocycles. The van der Waals surface area contributed by atoms with Crippen LogP contribution in [0, 0.1) is 6.92 Å². The van der Waals surface area contributed by atoms with Gasteiger partial charge in [-0.25, -0.2) is 15.4 Å². The Labute approximate surface area is 116 Å². The third-order valence-corrected chi connectivity index (χ3v) is 3.22. The maximum Gasteiger partial charge on any atom is 0.125 e. The molecule has 2 heterocycles. The molecule has 2 aromatic heterocycles. The monoisotopic (exact) mass is 265 g/mol. The zero-order chi connectivity index (χ0) is 13.9. The zero-order valence-electron chi connectivity index (χ0n) is 11.1. The van der Waals surface area contributed by atoms with Crippen LogP contribution in [0.4, 0.5) is 0 Å². The Balaban J connectivity index is 2.07. The van der Waals surface area contributed by atoms with Crippen molar-refractivity contribution in [1.82, 2.24) is 20.4 Å². The van der Waals surface area contributed by atoms with Crippen molar-refractivity contribution in [2.45, 2.75) is 13.0 Å². The molecule has 0 aliphatic rings. The van der Waals surface area contributed by atoms with E-state index in [9.17, 15) is 0 Å². The number of aryl methyl sites for hydroxylation is 1. The fourth-order valence-electron chi connectivity index (χ4n) is 2.25. The van der Waals surface area contributed by atoms with Crippen LogP contribution in [0.15, 0.2) is 48.8 Å². The first-order chi connectivity index (χ1) is 9.78. The van der Waals surface area contributed by atoms with Gasteiger partial charge in [0.15, 0.2) is 0 Å². The van der Waals surface area contributed by atoms with Crippen molar-refractivity contribution in [3.63, 3.8) is 0 Å². The smallest absolute Gasteiger partial charge is 0.125 e. The molecule has 0 aliphatic carbocycles. The van der Waals surface area contributed by atoms with Crippen LogP contribution in [0.25, 0.3) is 10.9 Å². The molecule has 100 valence electrons. The third kappa shape index (κ3) is 2.36. The second-order valence-electron chi connectivity index (χ2n) is 4.58. The molecule has 0 bridgehead atoms. The van der Waals surface area contributed by atoms with Crippen molar-refractivity contribution in [2.75, 3.05) is 0 Å². The lowest BCUT2D eigenvalue weighted by Crippen LogP contribution is -2.29. The van der Waals surface area contributed by atoms with E-state index in [1.807, 2.05) is 43.3 Å². The molecule has 3 rings (SSSR count). The van der Waals surface area contributed by atoms with Crippen LogP contribution in [-0.4, -0.2) is 15.0 Å². The van der Waals surface area contributed by atoms with Gasteiger partial charge in [0, 0.05) is 17.8 Å². The minimum Gasteiger partial charge on any atom is -0.271 e. The molecule has 5 nitrogen and oxygen atoms in total. The van der Waals surface area contributed by atoms with Gasteiger partial charge in [0.05, 0.1) is 17.3 Å². The van der Waals surface area contributed by atoms with Crippen molar-refractivity contribution in [1.29, 1.82) is 0 Å². The summed E-state index contributed by atoms with van der Waals surface area (Å²) in [6, 6.07) is 11.7. The van der Waals surface area contributed by atoms with Crippen molar-refractivity contribution in [2.24, 2.45) is 5.84 Å². The van der Waals surface area contributed by atoms with Crippen LogP contribution in [-0.2, 0) is 0 Å². The lowest BCUT2D eigenvalue weighted by molar-refractivity contribution is 0.617. The fourth-order valence-corrected chi connectivity index (χ4v) is 2.25. The molecule has 5 heteroatoms. The summed E-state index contributed by atoms with van der Waals surface area (Å²) in [7, 11) is 0. The summed E-state index contributed by atoms with van der Waals surface area (Å²) in [6.45, 7) is 1.86. The topological polar surface area (TPSA) is 76.7 Å². The van der Waals surface area contributed by atoms with Gasteiger partial charge in [-0.05, 0) is 30.7 Å². The first-order valence-electron chi connectivity index (χ1n) is 6.38. The van der Waals surface area contributed by atoms with E-state index in [1.54, 1.807) is 12.4 Å². The van der Waals surface area contributed by atoms with E-state index in [0.29, 0.717) is 0 Å². The molecule has 0 saturated heterocycles. The average molecular weight is 265 g/mol. The van der Waals surface area contributed by atoms with Crippen molar-refractivity contribution in [3.05, 3.63) is 65.9 Å². The van der Waals surface area contributed by atoms with E-state index in [2.05, 4.69) is 20.4 Å². The molecule has 3 N–H and O–H groups in total. The Hall–Kier alpha value is -2.37. The summed E-state index contributed by atoms with van der Waals surface area (Å²) in [6.07, 6.45) is 3.52. The number of aromatic nitrogens is 3. The lowest BCUT2D eigenvalue weighted by atomic mass is 10.0. The molecular weight excluding hydrogens is 250 g/mol. The molecule has 20 heavy (non-hydrogen) atoms. The van der Waals surface area contributed by atoms with Gasteiger partial charge >= 0.3 is 0 Å². The lowest BCUT2D eigenvalue weighted by Gasteiger charge is -2.16. The highest BCUT2D eigenvalue weighted by molar-refractivity contribution is 5.79. The minimum absolute atomic E-state index is 0.178. The molecule has 0 saturated carbocycles. The van der Waals surface area contributed by atoms with E-state index in [-0.39, 0.29) is 6.04 Å². The summed E-state index contributed by atoms with van der Waals surface area (Å²) in [5.74, 6) is 6.42. The first-order valence-corrected chi connectivity index (χ1v) is 6.38. The van der Waals surface area contributed by atoms with E-state index < -0.39 is 0 Å². The molecule has 0 spiro atoms. The van der Waals surface area contributed by atoms with Gasteiger partial charge in [-0.2, -0.15) is 0 Å². The van der Waals surface area contributed by atoms with Gasteiger partial charge < -0.3 is 0 Å². The molecule has 1 unspecified atom stereocenters. The number of hydrogen-bond acceptors (Lipinski definition) is 5. The van der Waals surface area contributed by atoms with Gasteiger partial charge in [0.2, 0.25) is 0 Å². The van der Waals surface area contributed by atoms with Crippen molar-refractivity contribution >= 4 is 10.9 Å². The SMILES string of the molecule is Cc1nccc(C(NN)c2ccc3cccnc3c2)n1. The largest absolute Gasteiger partial charge is 0.271 e. The fraction of sp³-hybridized carbons (Fsp3) is 0.133. The maximum atomic E-state index is 5.70. The van der Waals surface area contributed by atoms with E-state index in [4.69, 9.17) is 5.84 Å². The predicted molar refractivity (Wildman–Crippen MR) is 77.7 cm³/mol. The van der Waals surface area contributed by atoms with Crippen LogP contribution >= 0.6 is 0 Å². The predicted octanol–water partition coefficient (Wildman–Crippen LogP) is 1.89. The number of nitrogens with one attached hydrogen (secondary N) is 1. The standard InChI is InChI=1S/C15H15N5/c1-10-17-8-6-13(19-10)15(20-16)12-5-4-11-3-2-7-18-14(11)9-12/h2-9,15,20H,16H2,1H3. The molecule has 0 fully saturated rings. The molecule has 0 radical (unpaired) electrons. The molecule has 1 atom stereocenters. The first kappa shape index (κ1) is 12.7. The van der Waals surface area contributed by atoms with Gasteiger partial charge in [0.25, 0.3) is 0 Å². The van der Waals surface area contributed by atoms with Crippen LogP contribution < -0.4 is 11.3 Å². The van der Waals surface area contributed by atoms with Gasteiger partial charge in [-0.1, -0.05) is 18.2 Å². The number of benzene rings is 1. The highest BCUT2D eigenvalue weighted by atomic mass is 15.2. The number of nitrogens with zero attached hydrogens (tertiary/aromatic N) is 3. The Bertz CT molecular complexity index is 741. The van der Waals surface area contributed by atoms with Crippen LogP contribution in [0.5, 0.6) is 0 Å². The number of hydrogen-bond donors (Lipinski definition) is 2. The molecule has 1 aromatic carbocycles. The summed E-state index contributed by atoms with van der Waals surface area (Å²) in [5.41, 5.74) is 5.62. The minimum atomic E-state index is -0.178. The highest BCUT2D eigenvalue weighted by Crippen LogP contribution is 2.22. The number of fused-ring (bicyclic) bond motifs is 1. The Morgan fingerprint density at radius 2 is 2.00 bits per heavy atom. The van der Waals surface area contributed by atoms with Crippen molar-refractivity contribution in [3.8, 4) is 0 Å². The van der Waals surface area contributed by atoms with Gasteiger partial charge in [0.1, 0.15) is 5.82 Å². The van der Waals surface area contributed by atoms with Crippen molar-refractivity contribution < 1.29 is 0 Å². The Morgan fingerprint density at radius 1 is 1.10 bits per heavy atom. The summed E-state index contributed by atoms with van der Waals surface area (Å²) >= 11 is 0. The van der Waals surface area contributed by atoms with Crippen LogP contribution in [0.2, 0.25) is 0 Å². The number of pyridine rings is 1. The molecule has 0 amide bonds. The normalized spacial score (nSPS) is 12.5. The quantitative estimate of drug-likeness (QED) is 0.558.